The minimum absolute atomic E-state index is 0.143. The molecule has 3 aliphatic heterocycles. The van der Waals surface area contributed by atoms with Crippen LogP contribution in [0.4, 0.5) is 23.0 Å². The van der Waals surface area contributed by atoms with Crippen LogP contribution in [-0.4, -0.2) is 60.7 Å². The molecule has 7 heteroatoms. The second-order valence-corrected chi connectivity index (χ2v) is 9.70. The van der Waals surface area contributed by atoms with Gasteiger partial charge in [0.1, 0.15) is 11.9 Å². The van der Waals surface area contributed by atoms with E-state index in [9.17, 15) is 0 Å². The molecule has 3 aliphatic rings. The molecule has 166 valence electrons. The normalized spacial score (nSPS) is 25.4. The number of aromatic nitrogens is 2. The van der Waals surface area contributed by atoms with Gasteiger partial charge in [-0.1, -0.05) is 32.0 Å². The SMILES string of the molecule is CC[C@@H]1CCN(c2[nH]nc3c2N=CC(N2CCC(C)(CN)CC2)N3C)c2ccccc21. The summed E-state index contributed by atoms with van der Waals surface area (Å²) in [5, 5.41) is 8.03. The number of rotatable bonds is 4. The van der Waals surface area contributed by atoms with Crippen LogP contribution in [0.2, 0.25) is 0 Å². The molecule has 7 nitrogen and oxygen atoms in total. The number of hydrogen-bond donors (Lipinski definition) is 2. The smallest absolute Gasteiger partial charge is 0.179 e. The maximum absolute atomic E-state index is 6.00. The van der Waals surface area contributed by atoms with Crippen LogP contribution < -0.4 is 15.5 Å². The summed E-state index contributed by atoms with van der Waals surface area (Å²) in [5.74, 6) is 2.57. The zero-order valence-electron chi connectivity index (χ0n) is 19.0. The molecule has 0 aliphatic carbocycles. The maximum atomic E-state index is 6.00. The number of aliphatic imine (C=N–C) groups is 1. The summed E-state index contributed by atoms with van der Waals surface area (Å²) in [4.78, 5) is 12.1. The number of nitrogens with zero attached hydrogens (tertiary/aromatic N) is 5. The molecule has 31 heavy (non-hydrogen) atoms. The van der Waals surface area contributed by atoms with Gasteiger partial charge in [-0.15, -0.1) is 0 Å². The predicted octanol–water partition coefficient (Wildman–Crippen LogP) is 3.98. The summed E-state index contributed by atoms with van der Waals surface area (Å²) in [5.41, 5.74) is 9.94. The Morgan fingerprint density at radius 2 is 1.97 bits per heavy atom. The Hall–Kier alpha value is -2.38. The highest BCUT2D eigenvalue weighted by Crippen LogP contribution is 2.46. The first-order chi connectivity index (χ1) is 15.0. The third-order valence-electron chi connectivity index (χ3n) is 7.77. The molecule has 0 amide bonds. The summed E-state index contributed by atoms with van der Waals surface area (Å²) in [6, 6.07) is 8.78. The van der Waals surface area contributed by atoms with Crippen molar-refractivity contribution in [2.75, 3.05) is 43.0 Å². The fraction of sp³-hybridized carbons (Fsp3) is 0.583. The molecule has 0 radical (unpaired) electrons. The van der Waals surface area contributed by atoms with Crippen LogP contribution in [0.1, 0.15) is 51.0 Å². The summed E-state index contributed by atoms with van der Waals surface area (Å²) < 4.78 is 0. The molecule has 2 aromatic rings. The maximum Gasteiger partial charge on any atom is 0.179 e. The number of likely N-dealkylation sites (tertiary alicyclic amines) is 1. The van der Waals surface area contributed by atoms with E-state index < -0.39 is 0 Å². The number of anilines is 3. The molecule has 1 fully saturated rings. The summed E-state index contributed by atoms with van der Waals surface area (Å²) in [7, 11) is 2.13. The van der Waals surface area contributed by atoms with Gasteiger partial charge >= 0.3 is 0 Å². The zero-order valence-corrected chi connectivity index (χ0v) is 19.0. The monoisotopic (exact) mass is 421 g/mol. The summed E-state index contributed by atoms with van der Waals surface area (Å²) in [6.07, 6.45) is 6.82. The standard InChI is InChI=1S/C24H35N7/c1-4-17-9-12-31(19-8-6-5-7-18(17)19)23-21-22(27-28-23)29(3)20(15-26-21)30-13-10-24(2,16-25)11-14-30/h5-8,15,17,20H,4,9-14,16,25H2,1-3H3,(H,27,28)/t17-,20?/m1/s1. The topological polar surface area (TPSA) is 76.8 Å². The molecule has 4 heterocycles. The number of para-hydroxylation sites is 1. The van der Waals surface area contributed by atoms with Crippen LogP contribution in [0.5, 0.6) is 0 Å². The molecule has 1 aromatic carbocycles. The van der Waals surface area contributed by atoms with Gasteiger partial charge in [-0.05, 0) is 55.2 Å². The number of aromatic amines is 1. The van der Waals surface area contributed by atoms with Gasteiger partial charge in [0, 0.05) is 38.6 Å². The average Bonchev–Trinajstić information content (AvgIpc) is 3.24. The van der Waals surface area contributed by atoms with E-state index in [1.807, 2.05) is 0 Å². The van der Waals surface area contributed by atoms with Gasteiger partial charge < -0.3 is 15.5 Å². The average molecular weight is 422 g/mol. The molecule has 0 saturated carbocycles. The molecule has 1 unspecified atom stereocenters. The lowest BCUT2D eigenvalue weighted by atomic mass is 9.80. The Kier molecular flexibility index (Phi) is 5.26. The highest BCUT2D eigenvalue weighted by atomic mass is 15.4. The lowest BCUT2D eigenvalue weighted by Crippen LogP contribution is -2.54. The molecule has 0 bridgehead atoms. The Labute approximate surface area is 185 Å². The molecule has 2 atom stereocenters. The first-order valence-corrected chi connectivity index (χ1v) is 11.7. The van der Waals surface area contributed by atoms with Gasteiger partial charge in [0.15, 0.2) is 11.6 Å². The van der Waals surface area contributed by atoms with Gasteiger partial charge in [0.25, 0.3) is 0 Å². The van der Waals surface area contributed by atoms with E-state index in [-0.39, 0.29) is 11.6 Å². The predicted molar refractivity (Wildman–Crippen MR) is 128 cm³/mol. The fourth-order valence-electron chi connectivity index (χ4n) is 5.40. The number of benzene rings is 1. The Balaban J connectivity index is 1.40. The number of nitrogens with two attached hydrogens (primary N) is 1. The second-order valence-electron chi connectivity index (χ2n) is 9.70. The molecule has 1 aromatic heterocycles. The van der Waals surface area contributed by atoms with Crippen LogP contribution >= 0.6 is 0 Å². The molecular weight excluding hydrogens is 386 g/mol. The van der Waals surface area contributed by atoms with Gasteiger partial charge in [0.05, 0.1) is 0 Å². The summed E-state index contributed by atoms with van der Waals surface area (Å²) >= 11 is 0. The molecule has 0 spiro atoms. The van der Waals surface area contributed by atoms with Crippen molar-refractivity contribution in [3.8, 4) is 0 Å². The first kappa shape index (κ1) is 20.5. The zero-order chi connectivity index (χ0) is 21.6. The van der Waals surface area contributed by atoms with Crippen molar-refractivity contribution in [3.63, 3.8) is 0 Å². The van der Waals surface area contributed by atoms with Crippen molar-refractivity contribution >= 4 is 29.2 Å². The Bertz CT molecular complexity index is 957. The van der Waals surface area contributed by atoms with Gasteiger partial charge in [0.2, 0.25) is 0 Å². The van der Waals surface area contributed by atoms with Crippen LogP contribution in [0.25, 0.3) is 0 Å². The Morgan fingerprint density at radius 1 is 1.19 bits per heavy atom. The summed E-state index contributed by atoms with van der Waals surface area (Å²) in [6.45, 7) is 8.42. The molecule has 1 saturated heterocycles. The van der Waals surface area contributed by atoms with E-state index in [0.29, 0.717) is 5.92 Å². The van der Waals surface area contributed by atoms with Crippen molar-refractivity contribution in [2.24, 2.45) is 16.1 Å². The highest BCUT2D eigenvalue weighted by Gasteiger charge is 2.36. The van der Waals surface area contributed by atoms with E-state index in [1.165, 1.54) is 17.7 Å². The number of fused-ring (bicyclic) bond motifs is 2. The van der Waals surface area contributed by atoms with Gasteiger partial charge in [-0.3, -0.25) is 10.00 Å². The van der Waals surface area contributed by atoms with E-state index in [0.717, 1.165) is 62.8 Å². The van der Waals surface area contributed by atoms with E-state index in [1.54, 1.807) is 0 Å². The third kappa shape index (κ3) is 3.44. The van der Waals surface area contributed by atoms with Crippen molar-refractivity contribution in [1.82, 2.24) is 15.1 Å². The van der Waals surface area contributed by atoms with Crippen molar-refractivity contribution in [1.29, 1.82) is 0 Å². The van der Waals surface area contributed by atoms with Crippen LogP contribution in [0.15, 0.2) is 29.3 Å². The number of hydrogen-bond acceptors (Lipinski definition) is 6. The van der Waals surface area contributed by atoms with E-state index >= 15 is 0 Å². The molecule has 5 rings (SSSR count). The largest absolute Gasteiger partial charge is 0.336 e. The van der Waals surface area contributed by atoms with E-state index in [4.69, 9.17) is 15.8 Å². The minimum atomic E-state index is 0.143. The van der Waals surface area contributed by atoms with Gasteiger partial charge in [-0.25, -0.2) is 4.99 Å². The number of H-pyrrole nitrogens is 1. The van der Waals surface area contributed by atoms with Crippen LogP contribution in [0.3, 0.4) is 0 Å². The third-order valence-corrected chi connectivity index (χ3v) is 7.77. The lowest BCUT2D eigenvalue weighted by molar-refractivity contribution is 0.110. The van der Waals surface area contributed by atoms with Crippen LogP contribution in [0, 0.1) is 5.41 Å². The number of piperidine rings is 1. The van der Waals surface area contributed by atoms with Crippen molar-refractivity contribution in [3.05, 3.63) is 29.8 Å². The minimum Gasteiger partial charge on any atom is -0.336 e. The van der Waals surface area contributed by atoms with Crippen LogP contribution in [-0.2, 0) is 0 Å². The highest BCUT2D eigenvalue weighted by molar-refractivity contribution is 5.89. The van der Waals surface area contributed by atoms with Gasteiger partial charge in [-0.2, -0.15) is 5.10 Å². The van der Waals surface area contributed by atoms with E-state index in [2.05, 4.69) is 71.2 Å². The quantitative estimate of drug-likeness (QED) is 0.781. The Morgan fingerprint density at radius 3 is 2.71 bits per heavy atom. The number of nitrogens with one attached hydrogen (secondary N) is 1. The lowest BCUT2D eigenvalue weighted by Gasteiger charge is -2.44. The molecular formula is C24H35N7. The first-order valence-electron chi connectivity index (χ1n) is 11.7. The van der Waals surface area contributed by atoms with Crippen molar-refractivity contribution in [2.45, 2.75) is 51.6 Å². The second kappa shape index (κ2) is 7.95. The fourth-order valence-corrected chi connectivity index (χ4v) is 5.40. The molecule has 3 N–H and O–H groups in total. The van der Waals surface area contributed by atoms with Crippen molar-refractivity contribution < 1.29 is 0 Å².